The molecule has 5 rings (SSSR count). The number of rotatable bonds is 3. The molecule has 3 heterocycles. The second kappa shape index (κ2) is 7.50. The van der Waals surface area contributed by atoms with E-state index in [1.54, 1.807) is 4.68 Å². The fraction of sp³-hybridized carbons (Fsp3) is 0.273. The van der Waals surface area contributed by atoms with Crippen molar-refractivity contribution < 1.29 is 4.42 Å². The van der Waals surface area contributed by atoms with Gasteiger partial charge in [-0.25, -0.2) is 19.4 Å². The number of hydrogen-bond donors (Lipinski definition) is 1. The Morgan fingerprint density at radius 3 is 2.77 bits per heavy atom. The molecule has 0 amide bonds. The largest absolute Gasteiger partial charge is 0.424 e. The third kappa shape index (κ3) is 3.01. The van der Waals surface area contributed by atoms with Gasteiger partial charge in [-0.3, -0.25) is 0 Å². The molecule has 3 aromatic heterocycles. The van der Waals surface area contributed by atoms with Crippen LogP contribution in [0.5, 0.6) is 0 Å². The minimum atomic E-state index is -0.347. The third-order valence-corrected chi connectivity index (χ3v) is 6.45. The topological polar surface area (TPSA) is 99.8 Å². The van der Waals surface area contributed by atoms with Gasteiger partial charge in [0.1, 0.15) is 27.6 Å². The molecule has 0 radical (unpaired) electrons. The summed E-state index contributed by atoms with van der Waals surface area (Å²) in [6.45, 7) is 1.97. The Morgan fingerprint density at radius 1 is 1.20 bits per heavy atom. The number of halogens is 1. The van der Waals surface area contributed by atoms with Crippen LogP contribution in [0.1, 0.15) is 50.0 Å². The quantitative estimate of drug-likeness (QED) is 0.400. The third-order valence-electron chi connectivity index (χ3n) is 5.70. The number of nitrogen functional groups attached to an aromatic ring is 1. The highest BCUT2D eigenvalue weighted by atomic mass is 127. The molecule has 0 fully saturated rings. The maximum atomic E-state index is 12.8. The summed E-state index contributed by atoms with van der Waals surface area (Å²) in [6, 6.07) is 7.30. The minimum absolute atomic E-state index is 0.340. The molecule has 1 aliphatic rings. The van der Waals surface area contributed by atoms with Gasteiger partial charge in [-0.15, -0.1) is 0 Å². The average Bonchev–Trinajstić information content (AvgIpc) is 3.11. The van der Waals surface area contributed by atoms with Crippen molar-refractivity contribution in [2.24, 2.45) is 0 Å². The number of benzene rings is 1. The molecule has 7 nitrogen and oxygen atoms in total. The molecule has 4 aromatic rings. The molecule has 0 bridgehead atoms. The summed E-state index contributed by atoms with van der Waals surface area (Å²) >= 11 is 2.13. The van der Waals surface area contributed by atoms with Crippen LogP contribution in [0.15, 0.2) is 45.9 Å². The molecule has 1 unspecified atom stereocenters. The van der Waals surface area contributed by atoms with Gasteiger partial charge >= 0.3 is 5.63 Å². The van der Waals surface area contributed by atoms with E-state index in [1.165, 1.54) is 18.3 Å². The van der Waals surface area contributed by atoms with Crippen LogP contribution in [0.25, 0.3) is 27.4 Å². The van der Waals surface area contributed by atoms with Crippen LogP contribution in [0.4, 0.5) is 5.82 Å². The van der Waals surface area contributed by atoms with Gasteiger partial charge in [0.2, 0.25) is 0 Å². The maximum absolute atomic E-state index is 12.8. The Kier molecular flexibility index (Phi) is 4.80. The van der Waals surface area contributed by atoms with Crippen molar-refractivity contribution in [2.75, 3.05) is 5.73 Å². The van der Waals surface area contributed by atoms with Crippen molar-refractivity contribution in [1.29, 1.82) is 0 Å². The Balaban J connectivity index is 1.80. The first-order valence-electron chi connectivity index (χ1n) is 9.95. The number of nitrogens with two attached hydrogens (primary N) is 1. The fourth-order valence-corrected chi connectivity index (χ4v) is 4.99. The lowest BCUT2D eigenvalue weighted by Gasteiger charge is -2.21. The first-order valence-corrected chi connectivity index (χ1v) is 11.0. The van der Waals surface area contributed by atoms with Gasteiger partial charge in [0.05, 0.1) is 10.8 Å². The molecule has 1 aromatic carbocycles. The Morgan fingerprint density at radius 2 is 2.00 bits per heavy atom. The summed E-state index contributed by atoms with van der Waals surface area (Å²) in [5, 5.41) is 6.90. The van der Waals surface area contributed by atoms with Crippen molar-refractivity contribution in [3.63, 3.8) is 0 Å². The maximum Gasteiger partial charge on any atom is 0.343 e. The standard InChI is InChI=1S/C22H20IN5O2/c1-12(28-21-17(19(23)27-28)20(24)25-11-26-21)18-16(13-7-3-2-4-8-13)14-9-5-6-10-15(14)22(29)30-18/h5-7,9-12H,2-4,8H2,1H3,(H2,24,25,26). The van der Waals surface area contributed by atoms with Crippen molar-refractivity contribution in [3.8, 4) is 0 Å². The van der Waals surface area contributed by atoms with Crippen LogP contribution < -0.4 is 11.4 Å². The number of hydrogen-bond acceptors (Lipinski definition) is 6. The van der Waals surface area contributed by atoms with E-state index in [0.29, 0.717) is 31.7 Å². The minimum Gasteiger partial charge on any atom is -0.424 e. The zero-order valence-electron chi connectivity index (χ0n) is 16.4. The van der Waals surface area contributed by atoms with Gasteiger partial charge in [-0.05, 0) is 72.2 Å². The van der Waals surface area contributed by atoms with Crippen LogP contribution in [0, 0.1) is 3.70 Å². The Hall–Kier alpha value is -2.75. The summed E-state index contributed by atoms with van der Waals surface area (Å²) in [7, 11) is 0. The summed E-state index contributed by atoms with van der Waals surface area (Å²) in [6.07, 6.45) is 8.00. The highest BCUT2D eigenvalue weighted by Crippen LogP contribution is 2.37. The number of aromatic nitrogens is 4. The molecule has 2 N–H and O–H groups in total. The summed E-state index contributed by atoms with van der Waals surface area (Å²) in [5.41, 5.74) is 8.57. The second-order valence-electron chi connectivity index (χ2n) is 7.52. The molecule has 0 saturated carbocycles. The summed E-state index contributed by atoms with van der Waals surface area (Å²) < 4.78 is 8.43. The van der Waals surface area contributed by atoms with E-state index in [-0.39, 0.29) is 11.7 Å². The fourth-order valence-electron chi connectivity index (χ4n) is 4.24. The smallest absolute Gasteiger partial charge is 0.343 e. The van der Waals surface area contributed by atoms with E-state index in [2.05, 4.69) is 43.7 Å². The van der Waals surface area contributed by atoms with Crippen LogP contribution in [-0.4, -0.2) is 19.7 Å². The highest BCUT2D eigenvalue weighted by Gasteiger charge is 2.26. The molecule has 8 heteroatoms. The zero-order chi connectivity index (χ0) is 20.8. The normalized spacial score (nSPS) is 15.5. The number of nitrogens with zero attached hydrogens (tertiary/aromatic N) is 4. The molecule has 152 valence electrons. The van der Waals surface area contributed by atoms with E-state index in [0.717, 1.165) is 30.2 Å². The van der Waals surface area contributed by atoms with E-state index in [9.17, 15) is 4.79 Å². The predicted octanol–water partition coefficient (Wildman–Crippen LogP) is 4.69. The first kappa shape index (κ1) is 19.2. The molecule has 0 spiro atoms. The number of fused-ring (bicyclic) bond motifs is 2. The van der Waals surface area contributed by atoms with Crippen LogP contribution in [0.3, 0.4) is 0 Å². The Labute approximate surface area is 186 Å². The van der Waals surface area contributed by atoms with Crippen molar-refractivity contribution >= 4 is 55.8 Å². The monoisotopic (exact) mass is 513 g/mol. The van der Waals surface area contributed by atoms with E-state index in [4.69, 9.17) is 10.2 Å². The highest BCUT2D eigenvalue weighted by molar-refractivity contribution is 14.1. The SMILES string of the molecule is CC(c1oc(=O)c2ccccc2c1C1=CCCCC1)n1nc(I)c2c(N)ncnc21. The molecule has 1 atom stereocenters. The molecule has 0 saturated heterocycles. The first-order chi connectivity index (χ1) is 14.6. The lowest BCUT2D eigenvalue weighted by molar-refractivity contribution is 0.400. The van der Waals surface area contributed by atoms with Gasteiger partial charge < -0.3 is 10.2 Å². The van der Waals surface area contributed by atoms with Crippen molar-refractivity contribution in [2.45, 2.75) is 38.6 Å². The van der Waals surface area contributed by atoms with Crippen molar-refractivity contribution in [1.82, 2.24) is 19.7 Å². The summed E-state index contributed by atoms with van der Waals surface area (Å²) in [4.78, 5) is 21.3. The molecule has 1 aliphatic carbocycles. The van der Waals surface area contributed by atoms with E-state index < -0.39 is 0 Å². The lowest BCUT2D eigenvalue weighted by atomic mass is 9.89. The van der Waals surface area contributed by atoms with E-state index in [1.807, 2.05) is 31.2 Å². The van der Waals surface area contributed by atoms with Gasteiger partial charge in [-0.1, -0.05) is 24.3 Å². The van der Waals surface area contributed by atoms with E-state index >= 15 is 0 Å². The molecular weight excluding hydrogens is 493 g/mol. The van der Waals surface area contributed by atoms with Crippen molar-refractivity contribution in [3.05, 3.63) is 62.1 Å². The average molecular weight is 513 g/mol. The molecular formula is C22H20IN5O2. The van der Waals surface area contributed by atoms with Gasteiger partial charge in [0.25, 0.3) is 0 Å². The number of anilines is 1. The lowest BCUT2D eigenvalue weighted by Crippen LogP contribution is -2.16. The van der Waals surface area contributed by atoms with Crippen LogP contribution in [-0.2, 0) is 0 Å². The Bertz CT molecular complexity index is 1370. The second-order valence-corrected chi connectivity index (χ2v) is 8.54. The number of allylic oxidation sites excluding steroid dienone is 2. The van der Waals surface area contributed by atoms with Gasteiger partial charge in [-0.2, -0.15) is 5.10 Å². The molecule has 0 aliphatic heterocycles. The van der Waals surface area contributed by atoms with Crippen LogP contribution >= 0.6 is 22.6 Å². The van der Waals surface area contributed by atoms with Gasteiger partial charge in [0.15, 0.2) is 5.65 Å². The summed E-state index contributed by atoms with van der Waals surface area (Å²) in [5.74, 6) is 0.989. The zero-order valence-corrected chi connectivity index (χ0v) is 18.6. The predicted molar refractivity (Wildman–Crippen MR) is 125 cm³/mol. The molecule has 30 heavy (non-hydrogen) atoms. The van der Waals surface area contributed by atoms with Crippen LogP contribution in [0.2, 0.25) is 0 Å². The van der Waals surface area contributed by atoms with Gasteiger partial charge in [0, 0.05) is 5.56 Å².